The summed E-state index contributed by atoms with van der Waals surface area (Å²) in [6.45, 7) is 6.62. The number of hydrogen-bond acceptors (Lipinski definition) is 22. The maximum absolute atomic E-state index is 15.8. The molecule has 10 N–H and O–H groups in total. The molecule has 2 bridgehead atoms. The van der Waals surface area contributed by atoms with Gasteiger partial charge in [0.1, 0.15) is 54.3 Å². The van der Waals surface area contributed by atoms with Gasteiger partial charge in [0.25, 0.3) is 5.91 Å². The van der Waals surface area contributed by atoms with E-state index in [4.69, 9.17) is 38.9 Å². The van der Waals surface area contributed by atoms with E-state index >= 15 is 9.59 Å². The van der Waals surface area contributed by atoms with Crippen LogP contribution in [0.1, 0.15) is 93.1 Å². The van der Waals surface area contributed by atoms with Crippen molar-refractivity contribution in [2.75, 3.05) is 13.2 Å². The number of rotatable bonds is 16. The van der Waals surface area contributed by atoms with Crippen LogP contribution in [0.15, 0.2) is 102 Å². The number of hydrogen-bond donors (Lipinski definition) is 9. The highest BCUT2D eigenvalue weighted by Crippen LogP contribution is 2.64. The Morgan fingerprint density at radius 3 is 1.98 bits per heavy atom. The molecule has 2 saturated heterocycles. The normalized spacial score (nSPS) is 33.1. The maximum atomic E-state index is 15.8. The van der Waals surface area contributed by atoms with Crippen molar-refractivity contribution in [2.45, 2.75) is 151 Å². The number of benzene rings is 3. The molecule has 0 spiro atoms. The molecule has 3 aromatic carbocycles. The van der Waals surface area contributed by atoms with E-state index in [2.05, 4.69) is 10.6 Å². The number of aliphatic hydroxyl groups is 6. The van der Waals surface area contributed by atoms with E-state index in [1.807, 2.05) is 0 Å². The first-order valence-electron chi connectivity index (χ1n) is 26.3. The summed E-state index contributed by atoms with van der Waals surface area (Å²) in [5, 5.41) is 72.4. The summed E-state index contributed by atoms with van der Waals surface area (Å²) < 4.78 is 41.6. The fourth-order valence-corrected chi connectivity index (χ4v) is 12.3. The summed E-state index contributed by atoms with van der Waals surface area (Å²) in [6.07, 6.45) is -19.8. The van der Waals surface area contributed by atoms with Crippen molar-refractivity contribution in [1.29, 1.82) is 0 Å². The van der Waals surface area contributed by atoms with Crippen molar-refractivity contribution in [3.05, 3.63) is 119 Å². The van der Waals surface area contributed by atoms with Crippen molar-refractivity contribution in [2.24, 2.45) is 22.5 Å². The highest BCUT2D eigenvalue weighted by Gasteiger charge is 2.78. The number of aliphatic hydroxyl groups excluding tert-OH is 5. The topological polar surface area (TPSA) is 373 Å². The molecule has 2 heterocycles. The second-order valence-corrected chi connectivity index (χ2v) is 21.9. The van der Waals surface area contributed by atoms with Gasteiger partial charge in [-0.25, -0.2) is 9.59 Å². The van der Waals surface area contributed by atoms with Crippen LogP contribution in [0.4, 0.5) is 0 Å². The molecular weight excluding hydrogens is 1060 g/mol. The van der Waals surface area contributed by atoms with E-state index in [9.17, 15) is 59.4 Å². The summed E-state index contributed by atoms with van der Waals surface area (Å²) in [6, 6.07) is 17.8. The average molecular weight is 1130 g/mol. The van der Waals surface area contributed by atoms with Gasteiger partial charge in [-0.3, -0.25) is 28.8 Å². The van der Waals surface area contributed by atoms with Crippen molar-refractivity contribution in [3.8, 4) is 0 Å². The van der Waals surface area contributed by atoms with Gasteiger partial charge < -0.3 is 80.2 Å². The van der Waals surface area contributed by atoms with Gasteiger partial charge in [0.05, 0.1) is 48.7 Å². The summed E-state index contributed by atoms with van der Waals surface area (Å²) >= 11 is 0. The summed E-state index contributed by atoms with van der Waals surface area (Å²) in [5.41, 5.74) is -2.14. The number of fused-ring (bicyclic) bond motifs is 5. The molecular formula is C57H67N3O21. The summed E-state index contributed by atoms with van der Waals surface area (Å²) in [5.74, 6) is -10.3. The van der Waals surface area contributed by atoms with Crippen LogP contribution in [0.5, 0.6) is 0 Å². The number of ketones is 1. The Hall–Kier alpha value is -7.00. The quantitative estimate of drug-likeness (QED) is 0.0514. The van der Waals surface area contributed by atoms with Crippen LogP contribution in [-0.4, -0.2) is 176 Å². The first-order valence-corrected chi connectivity index (χ1v) is 26.3. The molecule has 5 aliphatic rings. The van der Waals surface area contributed by atoms with Crippen molar-refractivity contribution in [1.82, 2.24) is 10.6 Å². The molecule has 4 fully saturated rings. The zero-order valence-electron chi connectivity index (χ0n) is 45.2. The molecule has 2 saturated carbocycles. The lowest BCUT2D eigenvalue weighted by Crippen LogP contribution is -2.82. The lowest BCUT2D eigenvalue weighted by Gasteiger charge is -2.67. The molecule has 17 atom stereocenters. The molecule has 24 nitrogen and oxygen atoms in total. The lowest BCUT2D eigenvalue weighted by atomic mass is 9.44. The smallest absolute Gasteiger partial charge is 0.350 e. The number of carbonyl (C=O) groups excluding carboxylic acids is 8. The molecule has 3 aliphatic carbocycles. The maximum Gasteiger partial charge on any atom is 0.350 e. The van der Waals surface area contributed by atoms with Crippen LogP contribution >= 0.6 is 0 Å². The van der Waals surface area contributed by atoms with Crippen molar-refractivity contribution < 1.29 is 102 Å². The van der Waals surface area contributed by atoms with Crippen molar-refractivity contribution >= 4 is 47.4 Å². The predicted octanol–water partition coefficient (Wildman–Crippen LogP) is -0.0799. The molecule has 24 heteroatoms. The molecule has 2 aliphatic heterocycles. The predicted molar refractivity (Wildman–Crippen MR) is 276 cm³/mol. The Bertz CT molecular complexity index is 2930. The second-order valence-electron chi connectivity index (χ2n) is 21.9. The number of ether oxygens (including phenoxy) is 7. The standard InChI is InChI=1S/C57H67N3O21/c1-27-34(24-57(74)48(80-50(70)32-20-14-9-15-21-32)46-55(6,36(64)23-37-56(46,26-75-37)81-29(3)63)47(68)44(76-28(2)62)39(27)54(57,4)5)77-53(73)45(40(30-16-10-7-11-17-30)60-49(69)31-18-12-8-13-19-31)79-51(71)33(58)22-38(65)59-41-42(66)35(25-61)78-52(72)43(41)67/h7-21,33-37,40-46,48,52,61,64,66-67,72,74H,22-26,58H2,1-6H3,(H,59,65)(H,60,69)/t33?,34-,35+,36-,37+,40-,41-,42+,43+,44+,45+,46?,48?,52?,55+,56-,57+/m0/s1. The Balaban J connectivity index is 1.24. The number of amides is 2. The molecule has 2 amide bonds. The fraction of sp³-hybridized carbons (Fsp3) is 0.509. The Kier molecular flexibility index (Phi) is 17.4. The first kappa shape index (κ1) is 60.1. The third-order valence-electron chi connectivity index (χ3n) is 16.6. The minimum atomic E-state index is -2.59. The highest BCUT2D eigenvalue weighted by molar-refractivity contribution is 5.97. The van der Waals surface area contributed by atoms with Gasteiger partial charge in [0.15, 0.2) is 23.8 Å². The molecule has 0 radical (unpaired) electrons. The number of nitrogens with one attached hydrogen (secondary N) is 2. The largest absolute Gasteiger partial charge is 0.455 e. The Labute approximate surface area is 464 Å². The van der Waals surface area contributed by atoms with Gasteiger partial charge in [-0.05, 0) is 54.8 Å². The first-order chi connectivity index (χ1) is 38.2. The highest BCUT2D eigenvalue weighted by atomic mass is 16.6. The Morgan fingerprint density at radius 1 is 0.802 bits per heavy atom. The van der Waals surface area contributed by atoms with E-state index in [-0.39, 0.29) is 34.3 Å². The van der Waals surface area contributed by atoms with Crippen molar-refractivity contribution in [3.63, 3.8) is 0 Å². The lowest BCUT2D eigenvalue weighted by molar-refractivity contribution is -0.346. The SMILES string of the molecule is CC(=O)O[C@H]1C(=O)[C@@]2(C)C(C(OC(=O)c3ccccc3)[C@]3(O)C[C@H](OC(=O)[C@H](OC(=O)C(N)CC(=O)N[C@H]4[C@H](O)[C@@H](CO)OC(O)[C@@H]4O)[C@@H](NC(=O)c4ccccc4)c4ccccc4)C(C)=C1C3(C)C)[C@]1(OC(C)=O)CO[C@@H]1C[C@@H]2O. The number of esters is 5. The number of carbonyl (C=O) groups is 8. The molecule has 3 aromatic rings. The van der Waals surface area contributed by atoms with Crippen LogP contribution in [-0.2, 0) is 61.9 Å². The van der Waals surface area contributed by atoms with Gasteiger partial charge in [0.2, 0.25) is 12.0 Å². The molecule has 436 valence electrons. The third kappa shape index (κ3) is 11.1. The van der Waals surface area contributed by atoms with Gasteiger partial charge in [0, 0.05) is 37.7 Å². The van der Waals surface area contributed by atoms with Crippen LogP contribution in [0.25, 0.3) is 0 Å². The van der Waals surface area contributed by atoms with Crippen LogP contribution in [0.2, 0.25) is 0 Å². The average Bonchev–Trinajstić information content (AvgIpc) is 2.31. The molecule has 8 rings (SSSR count). The van der Waals surface area contributed by atoms with E-state index < -0.39 is 181 Å². The van der Waals surface area contributed by atoms with Crippen LogP contribution in [0.3, 0.4) is 0 Å². The van der Waals surface area contributed by atoms with E-state index in [1.54, 1.807) is 54.6 Å². The number of Topliss-reactive ketones (excluding diaryl/α,β-unsaturated/α-hetero) is 1. The summed E-state index contributed by atoms with van der Waals surface area (Å²) in [4.78, 5) is 114. The summed E-state index contributed by atoms with van der Waals surface area (Å²) in [7, 11) is 0. The van der Waals surface area contributed by atoms with E-state index in [1.165, 1.54) is 64.1 Å². The molecule has 0 aromatic heterocycles. The fourth-order valence-electron chi connectivity index (χ4n) is 12.3. The van der Waals surface area contributed by atoms with Crippen LogP contribution in [0, 0.1) is 16.7 Å². The van der Waals surface area contributed by atoms with Crippen LogP contribution < -0.4 is 16.4 Å². The van der Waals surface area contributed by atoms with E-state index in [0.29, 0.717) is 0 Å². The second kappa shape index (κ2) is 23.5. The van der Waals surface area contributed by atoms with Gasteiger partial charge in [-0.15, -0.1) is 0 Å². The molecule has 81 heavy (non-hydrogen) atoms. The van der Waals surface area contributed by atoms with Gasteiger partial charge in [-0.2, -0.15) is 0 Å². The number of nitrogens with two attached hydrogens (primary N) is 1. The zero-order chi connectivity index (χ0) is 59.1. The minimum absolute atomic E-state index is 0.00624. The van der Waals surface area contributed by atoms with Gasteiger partial charge >= 0.3 is 29.8 Å². The Morgan fingerprint density at radius 2 is 1.41 bits per heavy atom. The monoisotopic (exact) mass is 1130 g/mol. The minimum Gasteiger partial charge on any atom is -0.455 e. The van der Waals surface area contributed by atoms with E-state index in [0.717, 1.165) is 13.8 Å². The molecule has 4 unspecified atom stereocenters. The zero-order valence-corrected chi connectivity index (χ0v) is 45.2. The third-order valence-corrected chi connectivity index (χ3v) is 16.6. The van der Waals surface area contributed by atoms with Gasteiger partial charge in [-0.1, -0.05) is 80.6 Å².